The summed E-state index contributed by atoms with van der Waals surface area (Å²) in [6.45, 7) is 5.92. The molecule has 1 rings (SSSR count). The molecule has 1 saturated heterocycles. The smallest absolute Gasteiger partial charge is 0.306 e. The molecule has 384 valence electrons. The van der Waals surface area contributed by atoms with Gasteiger partial charge in [-0.3, -0.25) is 14.4 Å². The Morgan fingerprint density at radius 1 is 0.441 bits per heavy atom. The molecule has 0 aromatic carbocycles. The first-order chi connectivity index (χ1) is 33.5. The SMILES string of the molecule is CC/C=C\C/C=C\C/C=C\CCCCCCCC(=O)O[C@H]1COC([C@@H](CO)OC(=O)CCCCCCC/C=C\C/C=C\C/C=C\CC)[C@@H]1OC(=O)CCCCCCC/C=C\C/C=C\C/C=C\CC. The Bertz CT molecular complexity index is 1500. The summed E-state index contributed by atoms with van der Waals surface area (Å²) >= 11 is 0. The highest BCUT2D eigenvalue weighted by atomic mass is 16.6. The highest BCUT2D eigenvalue weighted by Gasteiger charge is 2.47. The summed E-state index contributed by atoms with van der Waals surface area (Å²) < 4.78 is 23.6. The van der Waals surface area contributed by atoms with E-state index >= 15 is 0 Å². The molecule has 0 amide bonds. The Morgan fingerprint density at radius 2 is 0.765 bits per heavy atom. The Balaban J connectivity index is 2.57. The van der Waals surface area contributed by atoms with E-state index in [1.54, 1.807) is 0 Å². The molecule has 0 radical (unpaired) electrons. The molecule has 0 bridgehead atoms. The lowest BCUT2D eigenvalue weighted by Crippen LogP contribution is -2.46. The number of unbranched alkanes of at least 4 members (excludes halogenated alkanes) is 15. The standard InChI is InChI=1S/C60H96O8/c1-4-7-10-13-16-19-22-25-28-31-34-37-40-43-46-49-56(62)66-54(52-61)59-60(68-58(64)51-48-45-42-39-36-33-30-27-24-21-18-15-12-9-6-3)55(53-65-59)67-57(63)50-47-44-41-38-35-32-29-26-23-20-17-14-11-8-5-2/h7-12,16-21,25-30,54-55,59-61H,4-6,13-15,22-24,31-53H2,1-3H3/b10-7-,11-8-,12-9-,19-16-,20-17-,21-18-,28-25-,29-26-,30-27-/t54-,55+,59?,60-/m1/s1. The van der Waals surface area contributed by atoms with Gasteiger partial charge in [0, 0.05) is 19.3 Å². The third-order valence-corrected chi connectivity index (χ3v) is 11.6. The topological polar surface area (TPSA) is 108 Å². The van der Waals surface area contributed by atoms with E-state index < -0.39 is 43.0 Å². The van der Waals surface area contributed by atoms with E-state index in [9.17, 15) is 19.5 Å². The van der Waals surface area contributed by atoms with Gasteiger partial charge in [-0.2, -0.15) is 0 Å². The summed E-state index contributed by atoms with van der Waals surface area (Å²) in [5, 5.41) is 10.4. The molecule has 1 heterocycles. The van der Waals surface area contributed by atoms with Crippen molar-refractivity contribution in [2.45, 2.75) is 238 Å². The number of carbonyl (C=O) groups is 3. The lowest BCUT2D eigenvalue weighted by Gasteiger charge is -2.28. The van der Waals surface area contributed by atoms with Crippen molar-refractivity contribution in [1.29, 1.82) is 0 Å². The third-order valence-electron chi connectivity index (χ3n) is 11.6. The molecule has 0 spiro atoms. The molecule has 8 heteroatoms. The van der Waals surface area contributed by atoms with Crippen LogP contribution in [-0.4, -0.2) is 60.6 Å². The number of rotatable bonds is 44. The molecule has 4 atom stereocenters. The van der Waals surface area contributed by atoms with Crippen LogP contribution in [0.4, 0.5) is 0 Å². The third kappa shape index (κ3) is 37.9. The van der Waals surface area contributed by atoms with Crippen molar-refractivity contribution in [2.75, 3.05) is 13.2 Å². The van der Waals surface area contributed by atoms with E-state index in [-0.39, 0.29) is 31.8 Å². The van der Waals surface area contributed by atoms with E-state index in [1.807, 2.05) is 0 Å². The number of allylic oxidation sites excluding steroid dienone is 18. The first kappa shape index (κ1) is 62.0. The predicted molar refractivity (Wildman–Crippen MR) is 284 cm³/mol. The van der Waals surface area contributed by atoms with Gasteiger partial charge in [0.1, 0.15) is 6.10 Å². The van der Waals surface area contributed by atoms with Gasteiger partial charge in [-0.1, -0.05) is 188 Å². The van der Waals surface area contributed by atoms with Crippen LogP contribution in [0.3, 0.4) is 0 Å². The number of ether oxygens (including phenoxy) is 4. The number of aliphatic hydroxyl groups is 1. The van der Waals surface area contributed by atoms with Gasteiger partial charge < -0.3 is 24.1 Å². The minimum absolute atomic E-state index is 0.00874. The number of hydrogen-bond acceptors (Lipinski definition) is 8. The van der Waals surface area contributed by atoms with Crippen LogP contribution >= 0.6 is 0 Å². The molecule has 1 aliphatic heterocycles. The molecule has 1 unspecified atom stereocenters. The Morgan fingerprint density at radius 3 is 1.15 bits per heavy atom. The zero-order valence-electron chi connectivity index (χ0n) is 43.1. The lowest BCUT2D eigenvalue weighted by atomic mass is 10.1. The molecular weight excluding hydrogens is 849 g/mol. The summed E-state index contributed by atoms with van der Waals surface area (Å²) in [5.41, 5.74) is 0. The second kappa shape index (κ2) is 48.0. The molecule has 1 aliphatic rings. The van der Waals surface area contributed by atoms with Crippen molar-refractivity contribution in [3.8, 4) is 0 Å². The van der Waals surface area contributed by atoms with Crippen LogP contribution in [0.5, 0.6) is 0 Å². The normalized spacial score (nSPS) is 17.4. The summed E-state index contributed by atoms with van der Waals surface area (Å²) in [6.07, 6.45) is 63.5. The first-order valence-corrected chi connectivity index (χ1v) is 27.1. The van der Waals surface area contributed by atoms with Crippen molar-refractivity contribution in [3.05, 3.63) is 109 Å². The fraction of sp³-hybridized carbons (Fsp3) is 0.650. The zero-order valence-corrected chi connectivity index (χ0v) is 43.1. The number of hydrogen-bond donors (Lipinski definition) is 1. The van der Waals surface area contributed by atoms with Crippen molar-refractivity contribution in [3.63, 3.8) is 0 Å². The average molecular weight is 945 g/mol. The van der Waals surface area contributed by atoms with Gasteiger partial charge in [0.05, 0.1) is 13.2 Å². The average Bonchev–Trinajstić information content (AvgIpc) is 3.72. The molecule has 0 aromatic rings. The van der Waals surface area contributed by atoms with E-state index in [0.29, 0.717) is 19.3 Å². The summed E-state index contributed by atoms with van der Waals surface area (Å²) in [7, 11) is 0. The molecule has 1 N–H and O–H groups in total. The summed E-state index contributed by atoms with van der Waals surface area (Å²) in [6, 6.07) is 0. The lowest BCUT2D eigenvalue weighted by molar-refractivity contribution is -0.175. The van der Waals surface area contributed by atoms with Crippen LogP contribution in [0.15, 0.2) is 109 Å². The van der Waals surface area contributed by atoms with Crippen LogP contribution in [0.1, 0.15) is 213 Å². The van der Waals surface area contributed by atoms with Crippen molar-refractivity contribution >= 4 is 17.9 Å². The van der Waals surface area contributed by atoms with Gasteiger partial charge in [0.15, 0.2) is 18.3 Å². The Hall–Kier alpha value is -4.01. The van der Waals surface area contributed by atoms with E-state index in [4.69, 9.17) is 18.9 Å². The Labute approximate surface area is 415 Å². The molecular formula is C60H96O8. The van der Waals surface area contributed by atoms with Crippen molar-refractivity contribution < 1.29 is 38.4 Å². The number of esters is 3. The fourth-order valence-electron chi connectivity index (χ4n) is 7.71. The van der Waals surface area contributed by atoms with E-state index in [0.717, 1.165) is 154 Å². The highest BCUT2D eigenvalue weighted by molar-refractivity contribution is 5.71. The molecule has 0 aromatic heterocycles. The van der Waals surface area contributed by atoms with Gasteiger partial charge in [-0.25, -0.2) is 0 Å². The van der Waals surface area contributed by atoms with Gasteiger partial charge in [0.2, 0.25) is 0 Å². The van der Waals surface area contributed by atoms with Crippen LogP contribution < -0.4 is 0 Å². The van der Waals surface area contributed by atoms with Crippen molar-refractivity contribution in [2.24, 2.45) is 0 Å². The minimum atomic E-state index is -1.05. The zero-order chi connectivity index (χ0) is 49.2. The van der Waals surface area contributed by atoms with Crippen molar-refractivity contribution in [1.82, 2.24) is 0 Å². The second-order valence-corrected chi connectivity index (χ2v) is 17.8. The van der Waals surface area contributed by atoms with Crippen LogP contribution in [-0.2, 0) is 33.3 Å². The number of aliphatic hydroxyl groups excluding tert-OH is 1. The monoisotopic (exact) mass is 945 g/mol. The molecule has 68 heavy (non-hydrogen) atoms. The van der Waals surface area contributed by atoms with Crippen LogP contribution in [0.2, 0.25) is 0 Å². The fourth-order valence-corrected chi connectivity index (χ4v) is 7.71. The van der Waals surface area contributed by atoms with Crippen LogP contribution in [0, 0.1) is 0 Å². The van der Waals surface area contributed by atoms with E-state index in [1.165, 1.54) is 0 Å². The quantitative estimate of drug-likeness (QED) is 0.0278. The first-order valence-electron chi connectivity index (χ1n) is 27.1. The maximum absolute atomic E-state index is 13.2. The molecule has 8 nitrogen and oxygen atoms in total. The van der Waals surface area contributed by atoms with Crippen LogP contribution in [0.25, 0.3) is 0 Å². The molecule has 1 fully saturated rings. The maximum Gasteiger partial charge on any atom is 0.306 e. The largest absolute Gasteiger partial charge is 0.457 e. The van der Waals surface area contributed by atoms with Gasteiger partial charge >= 0.3 is 17.9 Å². The molecule has 0 saturated carbocycles. The van der Waals surface area contributed by atoms with Gasteiger partial charge in [-0.15, -0.1) is 0 Å². The number of carbonyl (C=O) groups excluding carboxylic acids is 3. The Kier molecular flexibility index (Phi) is 43.8. The maximum atomic E-state index is 13.2. The predicted octanol–water partition coefficient (Wildman–Crippen LogP) is 15.9. The highest BCUT2D eigenvalue weighted by Crippen LogP contribution is 2.27. The molecule has 0 aliphatic carbocycles. The summed E-state index contributed by atoms with van der Waals surface area (Å²) in [5.74, 6) is -1.21. The second-order valence-electron chi connectivity index (χ2n) is 17.8. The summed E-state index contributed by atoms with van der Waals surface area (Å²) in [4.78, 5) is 39.2. The van der Waals surface area contributed by atoms with E-state index in [2.05, 4.69) is 130 Å². The minimum Gasteiger partial charge on any atom is -0.457 e. The van der Waals surface area contributed by atoms with Gasteiger partial charge in [0.25, 0.3) is 0 Å². The van der Waals surface area contributed by atoms with Gasteiger partial charge in [-0.05, 0) is 116 Å².